The molecule has 1 saturated heterocycles. The van der Waals surface area contributed by atoms with Crippen molar-refractivity contribution in [3.8, 4) is 5.75 Å². The number of thioether (sulfide) groups is 1. The topological polar surface area (TPSA) is 118 Å². The van der Waals surface area contributed by atoms with Crippen molar-refractivity contribution < 1.29 is 23.8 Å². The number of aromatic carboxylic acids is 1. The van der Waals surface area contributed by atoms with Gasteiger partial charge in [0.1, 0.15) is 11.3 Å². The van der Waals surface area contributed by atoms with Gasteiger partial charge in [0.05, 0.1) is 23.8 Å². The van der Waals surface area contributed by atoms with E-state index in [1.165, 1.54) is 36.4 Å². The molecule has 0 spiro atoms. The van der Waals surface area contributed by atoms with E-state index >= 15 is 4.39 Å². The Kier molecular flexibility index (Phi) is 8.85. The van der Waals surface area contributed by atoms with Gasteiger partial charge < -0.3 is 24.2 Å². The number of ether oxygens (including phenoxy) is 1. The van der Waals surface area contributed by atoms with Crippen molar-refractivity contribution in [2.45, 2.75) is 30.8 Å². The van der Waals surface area contributed by atoms with E-state index < -0.39 is 22.8 Å². The van der Waals surface area contributed by atoms with Gasteiger partial charge in [0.25, 0.3) is 0 Å². The van der Waals surface area contributed by atoms with Gasteiger partial charge in [0.15, 0.2) is 21.7 Å². The molecule has 2 aromatic heterocycles. The number of benzene rings is 2. The van der Waals surface area contributed by atoms with Crippen LogP contribution in [0.4, 0.5) is 15.2 Å². The number of carboxylic acid groups (broad SMARTS) is 1. The van der Waals surface area contributed by atoms with Crippen LogP contribution in [0.25, 0.3) is 10.9 Å². The summed E-state index contributed by atoms with van der Waals surface area (Å²) in [5.41, 5.74) is 0.0292. The van der Waals surface area contributed by atoms with E-state index in [1.807, 2.05) is 30.9 Å². The van der Waals surface area contributed by atoms with Gasteiger partial charge in [-0.15, -0.1) is 10.2 Å². The molecule has 4 aromatic rings. The van der Waals surface area contributed by atoms with E-state index in [1.54, 1.807) is 16.7 Å². The molecule has 14 heteroatoms. The highest BCUT2D eigenvalue weighted by molar-refractivity contribution is 9.10. The Hall–Kier alpha value is -3.49. The van der Waals surface area contributed by atoms with Gasteiger partial charge in [-0.25, -0.2) is 9.18 Å². The molecular weight excluding hydrogens is 649 g/mol. The standard InChI is InChI=1S/C28H27BrFN5O5S2/c1-4-33-13-19(26(38)39)24(37)18-11-20(30)23(25(40-3)22(18)33)34-9-10-35(15(2)12-34)27-31-32-28(42-27)41-14-21(36)16-5-7-17(29)8-6-16/h5-8,11,13,15H,4,9-10,12,14H2,1-3H3,(H,38,39). The normalized spacial score (nSPS) is 15.3. The molecule has 3 heterocycles. The van der Waals surface area contributed by atoms with E-state index in [9.17, 15) is 19.5 Å². The molecule has 2 aromatic carbocycles. The molecule has 0 saturated carbocycles. The zero-order valence-electron chi connectivity index (χ0n) is 23.0. The lowest BCUT2D eigenvalue weighted by molar-refractivity contribution is 0.0694. The average molecular weight is 677 g/mol. The molecule has 1 N–H and O–H groups in total. The lowest BCUT2D eigenvalue weighted by Gasteiger charge is -2.41. The first-order chi connectivity index (χ1) is 20.1. The lowest BCUT2D eigenvalue weighted by atomic mass is 10.1. The molecule has 1 aliphatic rings. The third-order valence-corrected chi connectivity index (χ3v) is 9.72. The molecule has 1 fully saturated rings. The minimum atomic E-state index is -1.37. The van der Waals surface area contributed by atoms with E-state index in [2.05, 4.69) is 31.0 Å². The summed E-state index contributed by atoms with van der Waals surface area (Å²) in [5, 5.41) is 18.8. The largest absolute Gasteiger partial charge is 0.492 e. The second kappa shape index (κ2) is 12.4. The number of Topliss-reactive ketones (excluding diaryl/α,β-unsaturated/α-hetero) is 1. The number of ketones is 1. The first-order valence-electron chi connectivity index (χ1n) is 13.1. The molecule has 10 nitrogen and oxygen atoms in total. The minimum absolute atomic E-state index is 0.00488. The van der Waals surface area contributed by atoms with E-state index in [0.29, 0.717) is 46.7 Å². The molecule has 220 valence electrons. The Morgan fingerprint density at radius 3 is 2.62 bits per heavy atom. The Labute approximate surface area is 257 Å². The van der Waals surface area contributed by atoms with Crippen molar-refractivity contribution in [2.75, 3.05) is 42.3 Å². The molecule has 1 aliphatic heterocycles. The second-order valence-electron chi connectivity index (χ2n) is 9.66. The third kappa shape index (κ3) is 5.75. The Balaban J connectivity index is 1.35. The number of hydrogen-bond donors (Lipinski definition) is 1. The van der Waals surface area contributed by atoms with E-state index in [0.717, 1.165) is 10.5 Å². The van der Waals surface area contributed by atoms with Crippen molar-refractivity contribution in [1.82, 2.24) is 14.8 Å². The number of halogens is 2. The van der Waals surface area contributed by atoms with Crippen LogP contribution in [-0.4, -0.2) is 70.2 Å². The summed E-state index contributed by atoms with van der Waals surface area (Å²) in [6.07, 6.45) is 1.27. The summed E-state index contributed by atoms with van der Waals surface area (Å²) in [4.78, 5) is 41.0. The van der Waals surface area contributed by atoms with Gasteiger partial charge in [0, 0.05) is 48.5 Å². The predicted molar refractivity (Wildman–Crippen MR) is 165 cm³/mol. The number of carbonyl (C=O) groups is 2. The van der Waals surface area contributed by atoms with Crippen LogP contribution in [0.5, 0.6) is 5.75 Å². The average Bonchev–Trinajstić information content (AvgIpc) is 3.44. The highest BCUT2D eigenvalue weighted by atomic mass is 79.9. The van der Waals surface area contributed by atoms with E-state index in [-0.39, 0.29) is 34.4 Å². The lowest BCUT2D eigenvalue weighted by Crippen LogP contribution is -2.52. The van der Waals surface area contributed by atoms with Crippen LogP contribution in [0, 0.1) is 5.82 Å². The number of rotatable bonds is 9. The van der Waals surface area contributed by atoms with Crippen LogP contribution in [0.3, 0.4) is 0 Å². The Morgan fingerprint density at radius 2 is 1.98 bits per heavy atom. The summed E-state index contributed by atoms with van der Waals surface area (Å²) in [6, 6.07) is 8.26. The van der Waals surface area contributed by atoms with Crippen LogP contribution >= 0.6 is 39.0 Å². The molecule has 0 aliphatic carbocycles. The summed E-state index contributed by atoms with van der Waals surface area (Å²) in [5.74, 6) is -1.59. The number of carboxylic acids is 1. The number of anilines is 2. The number of piperazine rings is 1. The fourth-order valence-corrected chi connectivity index (χ4v) is 7.17. The molecule has 0 amide bonds. The Morgan fingerprint density at radius 1 is 1.24 bits per heavy atom. The first kappa shape index (κ1) is 30.0. The van der Waals surface area contributed by atoms with Gasteiger partial charge in [0.2, 0.25) is 10.6 Å². The summed E-state index contributed by atoms with van der Waals surface area (Å²) >= 11 is 6.12. The van der Waals surface area contributed by atoms with Crippen LogP contribution in [0.1, 0.15) is 34.6 Å². The first-order valence-corrected chi connectivity index (χ1v) is 15.7. The predicted octanol–water partition coefficient (Wildman–Crippen LogP) is 5.17. The second-order valence-corrected chi connectivity index (χ2v) is 12.8. The number of carbonyl (C=O) groups excluding carboxylic acids is 1. The van der Waals surface area contributed by atoms with Gasteiger partial charge >= 0.3 is 5.97 Å². The summed E-state index contributed by atoms with van der Waals surface area (Å²) < 4.78 is 24.5. The van der Waals surface area contributed by atoms with Gasteiger partial charge in [-0.3, -0.25) is 9.59 Å². The summed E-state index contributed by atoms with van der Waals surface area (Å²) in [6.45, 7) is 5.57. The maximum atomic E-state index is 15.7. The monoisotopic (exact) mass is 675 g/mol. The summed E-state index contributed by atoms with van der Waals surface area (Å²) in [7, 11) is 1.41. The van der Waals surface area contributed by atoms with Crippen LogP contribution in [-0.2, 0) is 6.54 Å². The molecule has 1 unspecified atom stereocenters. The van der Waals surface area contributed by atoms with Crippen molar-refractivity contribution in [3.63, 3.8) is 0 Å². The smallest absolute Gasteiger partial charge is 0.341 e. The van der Waals surface area contributed by atoms with Crippen molar-refractivity contribution >= 4 is 72.5 Å². The van der Waals surface area contributed by atoms with Crippen molar-refractivity contribution in [1.29, 1.82) is 0 Å². The molecule has 0 radical (unpaired) electrons. The van der Waals surface area contributed by atoms with Crippen LogP contribution in [0.15, 0.2) is 50.1 Å². The number of nitrogens with zero attached hydrogens (tertiary/aromatic N) is 5. The highest BCUT2D eigenvalue weighted by Gasteiger charge is 2.31. The maximum absolute atomic E-state index is 15.7. The molecule has 1 atom stereocenters. The number of pyridine rings is 1. The van der Waals surface area contributed by atoms with E-state index in [4.69, 9.17) is 4.74 Å². The zero-order chi connectivity index (χ0) is 30.1. The van der Waals surface area contributed by atoms with Crippen molar-refractivity contribution in [3.05, 3.63) is 68.2 Å². The van der Waals surface area contributed by atoms with Gasteiger partial charge in [-0.2, -0.15) is 0 Å². The number of methoxy groups -OCH3 is 1. The molecule has 5 rings (SSSR count). The molecule has 0 bridgehead atoms. The van der Waals surface area contributed by atoms with Gasteiger partial charge in [-0.1, -0.05) is 51.2 Å². The minimum Gasteiger partial charge on any atom is -0.492 e. The maximum Gasteiger partial charge on any atom is 0.341 e. The van der Waals surface area contributed by atoms with Crippen LogP contribution < -0.4 is 20.0 Å². The Bertz CT molecular complexity index is 1730. The fourth-order valence-electron chi connectivity index (χ4n) is 5.05. The number of fused-ring (bicyclic) bond motifs is 1. The number of hydrogen-bond acceptors (Lipinski definition) is 10. The fraction of sp³-hybridized carbons (Fsp3) is 0.321. The highest BCUT2D eigenvalue weighted by Crippen LogP contribution is 2.40. The van der Waals surface area contributed by atoms with Crippen LogP contribution in [0.2, 0.25) is 0 Å². The number of aromatic nitrogens is 3. The number of aryl methyl sites for hydroxylation is 1. The SMILES string of the molecule is CCn1cc(C(=O)O)c(=O)c2cc(F)c(N3CCN(c4nnc(SCC(=O)c5ccc(Br)cc5)s4)C(C)C3)c(OC)c21. The van der Waals surface area contributed by atoms with Gasteiger partial charge in [-0.05, 0) is 32.0 Å². The quantitative estimate of drug-likeness (QED) is 0.188. The zero-order valence-corrected chi connectivity index (χ0v) is 26.2. The molecule has 42 heavy (non-hydrogen) atoms. The third-order valence-electron chi connectivity index (χ3n) is 7.10. The molecular formula is C28H27BrFN5O5S2. The van der Waals surface area contributed by atoms with Crippen molar-refractivity contribution in [2.24, 2.45) is 0 Å².